The molecule has 1 aliphatic carbocycles. The molecule has 1 aliphatic rings. The van der Waals surface area contributed by atoms with Crippen molar-refractivity contribution < 1.29 is 4.74 Å². The van der Waals surface area contributed by atoms with E-state index in [0.29, 0.717) is 5.41 Å². The Kier molecular flexibility index (Phi) is 3.49. The van der Waals surface area contributed by atoms with E-state index in [2.05, 4.69) is 33.6 Å². The normalized spacial score (nSPS) is 19.1. The van der Waals surface area contributed by atoms with Crippen LogP contribution in [0.3, 0.4) is 0 Å². The molecular weight excluding hydrogens is 301 g/mol. The highest BCUT2D eigenvalue weighted by molar-refractivity contribution is 14.1. The van der Waals surface area contributed by atoms with Crippen LogP contribution in [0.4, 0.5) is 0 Å². The Morgan fingerprint density at radius 2 is 2.13 bits per heavy atom. The van der Waals surface area contributed by atoms with Crippen LogP contribution in [-0.4, -0.2) is 16.5 Å². The lowest BCUT2D eigenvalue weighted by Gasteiger charge is -2.25. The summed E-state index contributed by atoms with van der Waals surface area (Å²) < 4.78 is 6.30. The number of rotatable bonds is 3. The Labute approximate surface area is 105 Å². The molecule has 0 aromatic carbocycles. The van der Waals surface area contributed by atoms with Crippen molar-refractivity contribution in [3.05, 3.63) is 24.0 Å². The zero-order valence-electron chi connectivity index (χ0n) is 9.00. The molecule has 0 amide bonds. The van der Waals surface area contributed by atoms with Crippen molar-refractivity contribution in [2.45, 2.75) is 31.1 Å². The number of halogens is 1. The van der Waals surface area contributed by atoms with Crippen LogP contribution in [0, 0.1) is 0 Å². The van der Waals surface area contributed by atoms with Crippen molar-refractivity contribution in [1.82, 2.24) is 4.98 Å². The first-order valence-corrected chi connectivity index (χ1v) is 6.90. The van der Waals surface area contributed by atoms with E-state index in [0.717, 1.165) is 5.75 Å². The number of methoxy groups -OCH3 is 1. The van der Waals surface area contributed by atoms with Gasteiger partial charge in [0.1, 0.15) is 5.75 Å². The third kappa shape index (κ3) is 2.12. The summed E-state index contributed by atoms with van der Waals surface area (Å²) in [5.41, 5.74) is 1.59. The molecule has 0 bridgehead atoms. The fourth-order valence-electron chi connectivity index (χ4n) is 2.32. The third-order valence-electron chi connectivity index (χ3n) is 3.33. The Balaban J connectivity index is 2.26. The lowest BCUT2D eigenvalue weighted by atomic mass is 9.85. The van der Waals surface area contributed by atoms with Crippen molar-refractivity contribution in [3.8, 4) is 5.75 Å². The van der Waals surface area contributed by atoms with Gasteiger partial charge in [0.25, 0.3) is 0 Å². The number of aromatic nitrogens is 1. The van der Waals surface area contributed by atoms with Gasteiger partial charge in [-0.15, -0.1) is 0 Å². The minimum Gasteiger partial charge on any atom is -0.495 e. The maximum Gasteiger partial charge on any atom is 0.137 e. The van der Waals surface area contributed by atoms with Crippen molar-refractivity contribution in [2.24, 2.45) is 0 Å². The molecule has 0 atom stereocenters. The van der Waals surface area contributed by atoms with Crippen molar-refractivity contribution in [1.29, 1.82) is 0 Å². The highest BCUT2D eigenvalue weighted by Crippen LogP contribution is 2.41. The molecule has 82 valence electrons. The highest BCUT2D eigenvalue weighted by atomic mass is 127. The second-order valence-corrected chi connectivity index (χ2v) is 4.97. The second-order valence-electron chi connectivity index (χ2n) is 4.20. The zero-order chi connectivity index (χ0) is 10.7. The fourth-order valence-corrected chi connectivity index (χ4v) is 3.48. The van der Waals surface area contributed by atoms with Gasteiger partial charge in [-0.25, -0.2) is 0 Å². The van der Waals surface area contributed by atoms with Gasteiger partial charge in [0.05, 0.1) is 13.3 Å². The molecule has 1 aromatic rings. The van der Waals surface area contributed by atoms with Gasteiger partial charge < -0.3 is 4.74 Å². The molecule has 1 aromatic heterocycles. The zero-order valence-corrected chi connectivity index (χ0v) is 11.2. The van der Waals surface area contributed by atoms with Crippen LogP contribution in [0.5, 0.6) is 5.75 Å². The van der Waals surface area contributed by atoms with E-state index in [4.69, 9.17) is 4.74 Å². The van der Waals surface area contributed by atoms with E-state index >= 15 is 0 Å². The molecule has 0 saturated heterocycles. The summed E-state index contributed by atoms with van der Waals surface area (Å²) in [7, 11) is 1.68. The number of hydrogen-bond acceptors (Lipinski definition) is 2. The van der Waals surface area contributed by atoms with Gasteiger partial charge in [-0.3, -0.25) is 4.98 Å². The Bertz CT molecular complexity index is 317. The van der Waals surface area contributed by atoms with Crippen LogP contribution >= 0.6 is 22.6 Å². The lowest BCUT2D eigenvalue weighted by Crippen LogP contribution is -2.25. The van der Waals surface area contributed by atoms with Gasteiger partial charge in [0.15, 0.2) is 0 Å². The fraction of sp³-hybridized carbons (Fsp3) is 0.583. The molecular formula is C12H16INO. The monoisotopic (exact) mass is 317 g/mol. The molecule has 0 spiro atoms. The largest absolute Gasteiger partial charge is 0.495 e. The topological polar surface area (TPSA) is 22.1 Å². The summed E-state index contributed by atoms with van der Waals surface area (Å²) in [6.45, 7) is 0. The van der Waals surface area contributed by atoms with Crippen LogP contribution in [0.1, 0.15) is 31.4 Å². The summed E-state index contributed by atoms with van der Waals surface area (Å²) in [5.74, 6) is 0.848. The number of alkyl halides is 1. The predicted octanol–water partition coefficient (Wildman–Crippen LogP) is 3.34. The summed E-state index contributed by atoms with van der Waals surface area (Å²) in [4.78, 5) is 4.54. The number of ether oxygens (including phenoxy) is 1. The minimum absolute atomic E-state index is 0.340. The van der Waals surface area contributed by atoms with Crippen LogP contribution in [0.15, 0.2) is 18.3 Å². The first kappa shape index (κ1) is 11.2. The number of pyridine rings is 1. The number of hydrogen-bond donors (Lipinski definition) is 0. The van der Waals surface area contributed by atoms with Crippen LogP contribution in [0.2, 0.25) is 0 Å². The van der Waals surface area contributed by atoms with Crippen LogP contribution in [-0.2, 0) is 5.41 Å². The van der Waals surface area contributed by atoms with E-state index < -0.39 is 0 Å². The minimum atomic E-state index is 0.340. The SMILES string of the molecule is COc1ccc(C2(CI)CCCC2)nc1. The van der Waals surface area contributed by atoms with Gasteiger partial charge >= 0.3 is 0 Å². The highest BCUT2D eigenvalue weighted by Gasteiger charge is 2.35. The van der Waals surface area contributed by atoms with Crippen molar-refractivity contribution in [3.63, 3.8) is 0 Å². The van der Waals surface area contributed by atoms with E-state index in [-0.39, 0.29) is 0 Å². The van der Waals surface area contributed by atoms with Gasteiger partial charge in [0.2, 0.25) is 0 Å². The molecule has 3 heteroatoms. The Hall–Kier alpha value is -0.320. The molecule has 0 aliphatic heterocycles. The van der Waals surface area contributed by atoms with Gasteiger partial charge in [-0.2, -0.15) is 0 Å². The number of nitrogens with zero attached hydrogens (tertiary/aromatic N) is 1. The maximum absolute atomic E-state index is 5.13. The quantitative estimate of drug-likeness (QED) is 0.630. The van der Waals surface area contributed by atoms with Crippen molar-refractivity contribution >= 4 is 22.6 Å². The summed E-state index contributed by atoms with van der Waals surface area (Å²) in [6.07, 6.45) is 7.10. The van der Waals surface area contributed by atoms with Gasteiger partial charge in [0, 0.05) is 15.5 Å². The molecule has 15 heavy (non-hydrogen) atoms. The first-order chi connectivity index (χ1) is 7.30. The van der Waals surface area contributed by atoms with E-state index in [1.807, 2.05) is 12.3 Å². The molecule has 1 fully saturated rings. The van der Waals surface area contributed by atoms with Gasteiger partial charge in [-0.05, 0) is 25.0 Å². The predicted molar refractivity (Wildman–Crippen MR) is 69.8 cm³/mol. The van der Waals surface area contributed by atoms with E-state index in [1.165, 1.54) is 35.8 Å². The molecule has 1 heterocycles. The van der Waals surface area contributed by atoms with E-state index in [1.54, 1.807) is 7.11 Å². The maximum atomic E-state index is 5.13. The molecule has 0 N–H and O–H groups in total. The molecule has 0 unspecified atom stereocenters. The molecule has 2 nitrogen and oxygen atoms in total. The van der Waals surface area contributed by atoms with Crippen molar-refractivity contribution in [2.75, 3.05) is 11.5 Å². The Morgan fingerprint density at radius 3 is 2.60 bits per heavy atom. The molecule has 2 rings (SSSR count). The summed E-state index contributed by atoms with van der Waals surface area (Å²) in [5, 5.41) is 0. The Morgan fingerprint density at radius 1 is 1.40 bits per heavy atom. The summed E-state index contributed by atoms with van der Waals surface area (Å²) >= 11 is 2.49. The standard InChI is InChI=1S/C12H16INO/c1-15-10-4-5-11(14-8-10)12(9-13)6-2-3-7-12/h4-5,8H,2-3,6-7,9H2,1H3. The molecule has 1 saturated carbocycles. The average molecular weight is 317 g/mol. The first-order valence-electron chi connectivity index (χ1n) is 5.37. The van der Waals surface area contributed by atoms with Crippen LogP contribution < -0.4 is 4.74 Å². The smallest absolute Gasteiger partial charge is 0.137 e. The third-order valence-corrected chi connectivity index (χ3v) is 4.79. The lowest BCUT2D eigenvalue weighted by molar-refractivity contribution is 0.410. The molecule has 0 radical (unpaired) electrons. The summed E-state index contributed by atoms with van der Waals surface area (Å²) in [6, 6.07) is 4.15. The van der Waals surface area contributed by atoms with Crippen LogP contribution in [0.25, 0.3) is 0 Å². The second kappa shape index (κ2) is 4.68. The van der Waals surface area contributed by atoms with E-state index in [9.17, 15) is 0 Å². The average Bonchev–Trinajstić information content (AvgIpc) is 2.79. The van der Waals surface area contributed by atoms with Gasteiger partial charge in [-0.1, -0.05) is 35.4 Å².